The Balaban J connectivity index is 4.74. The lowest BCUT2D eigenvalue weighted by Crippen LogP contribution is -2.29. The molecule has 0 amide bonds. The molecule has 0 saturated carbocycles. The highest BCUT2D eigenvalue weighted by Gasteiger charge is 2.17. The van der Waals surface area contributed by atoms with Crippen molar-refractivity contribution in [3.05, 3.63) is 0 Å². The summed E-state index contributed by atoms with van der Waals surface area (Å²) in [6.07, 6.45) is 11.1. The maximum Gasteiger partial charge on any atom is 0.0195 e. The zero-order chi connectivity index (χ0) is 22.8. The zero-order valence-corrected chi connectivity index (χ0v) is 23.8. The van der Waals surface area contributed by atoms with Crippen molar-refractivity contribution in [2.45, 2.75) is 68.2 Å². The first-order valence-electron chi connectivity index (χ1n) is 12.8. The van der Waals surface area contributed by atoms with Gasteiger partial charge in [-0.05, 0) is 77.5 Å². The average molecular weight is 463 g/mol. The third-order valence-electron chi connectivity index (χ3n) is 6.38. The molecule has 30 heavy (non-hydrogen) atoms. The van der Waals surface area contributed by atoms with Crippen LogP contribution in [0.3, 0.4) is 0 Å². The zero-order valence-electron chi connectivity index (χ0n) is 22.0. The van der Waals surface area contributed by atoms with Gasteiger partial charge in [0.15, 0.2) is 0 Å². The first-order chi connectivity index (χ1) is 14.5. The monoisotopic (exact) mass is 462 g/mol. The lowest BCUT2D eigenvalue weighted by molar-refractivity contribution is 0.337. The van der Waals surface area contributed by atoms with E-state index in [9.17, 15) is 0 Å². The standard InChI is InChI=1S/C24H56N4P2/c1-9-25(10-2)21-29(22-26(11-3)12-4)19-17-18-20-30(23-27(13-5)14-6)24-28(15-7)16-8/h9-24H2,1-8H3. The van der Waals surface area contributed by atoms with Gasteiger partial charge in [-0.2, -0.15) is 0 Å². The largest absolute Gasteiger partial charge is 0.300 e. The van der Waals surface area contributed by atoms with Crippen molar-refractivity contribution in [1.29, 1.82) is 0 Å². The van der Waals surface area contributed by atoms with Crippen LogP contribution in [0, 0.1) is 0 Å². The molecule has 0 N–H and O–H groups in total. The van der Waals surface area contributed by atoms with Gasteiger partial charge in [-0.3, -0.25) is 19.6 Å². The fourth-order valence-corrected chi connectivity index (χ4v) is 9.82. The normalized spacial score (nSPS) is 12.6. The predicted molar refractivity (Wildman–Crippen MR) is 144 cm³/mol. The van der Waals surface area contributed by atoms with E-state index in [1.54, 1.807) is 0 Å². The molecule has 0 heterocycles. The quantitative estimate of drug-likeness (QED) is 0.155. The van der Waals surface area contributed by atoms with Crippen LogP contribution in [0.15, 0.2) is 0 Å². The number of hydrogen-bond acceptors (Lipinski definition) is 4. The van der Waals surface area contributed by atoms with Gasteiger partial charge in [-0.25, -0.2) is 0 Å². The molecule has 0 aromatic carbocycles. The third-order valence-corrected chi connectivity index (χ3v) is 11.5. The number of nitrogens with zero attached hydrogens (tertiary/aromatic N) is 4. The van der Waals surface area contributed by atoms with E-state index in [2.05, 4.69) is 75.0 Å². The Morgan fingerprint density at radius 3 is 0.733 bits per heavy atom. The lowest BCUT2D eigenvalue weighted by Gasteiger charge is -2.31. The highest BCUT2D eigenvalue weighted by Crippen LogP contribution is 2.41. The topological polar surface area (TPSA) is 13.0 Å². The molecule has 0 aliphatic rings. The maximum atomic E-state index is 2.66. The van der Waals surface area contributed by atoms with Crippen molar-refractivity contribution in [3.8, 4) is 0 Å². The van der Waals surface area contributed by atoms with E-state index < -0.39 is 0 Å². The fourth-order valence-electron chi connectivity index (χ4n) is 3.87. The van der Waals surface area contributed by atoms with E-state index in [0.717, 1.165) is 0 Å². The van der Waals surface area contributed by atoms with Crippen LogP contribution in [-0.2, 0) is 0 Å². The van der Waals surface area contributed by atoms with Crippen LogP contribution < -0.4 is 0 Å². The predicted octanol–water partition coefficient (Wildman–Crippen LogP) is 5.93. The van der Waals surface area contributed by atoms with Crippen molar-refractivity contribution in [3.63, 3.8) is 0 Å². The van der Waals surface area contributed by atoms with Gasteiger partial charge < -0.3 is 0 Å². The summed E-state index contributed by atoms with van der Waals surface area (Å²) >= 11 is 0. The summed E-state index contributed by atoms with van der Waals surface area (Å²) < 4.78 is 0. The molecule has 0 fully saturated rings. The highest BCUT2D eigenvalue weighted by atomic mass is 31.1. The van der Waals surface area contributed by atoms with Crippen molar-refractivity contribution in [1.82, 2.24) is 19.6 Å². The summed E-state index contributed by atoms with van der Waals surface area (Å²) in [6.45, 7) is 28.2. The molecule has 0 spiro atoms. The molecule has 0 unspecified atom stereocenters. The van der Waals surface area contributed by atoms with Gasteiger partial charge in [0.05, 0.1) is 0 Å². The molecule has 0 bridgehead atoms. The lowest BCUT2D eigenvalue weighted by atomic mass is 10.4. The first-order valence-corrected chi connectivity index (χ1v) is 16.6. The van der Waals surface area contributed by atoms with E-state index in [1.165, 1.54) is 103 Å². The van der Waals surface area contributed by atoms with Gasteiger partial charge in [0, 0.05) is 25.1 Å². The van der Waals surface area contributed by atoms with Crippen LogP contribution in [-0.4, -0.2) is 109 Å². The van der Waals surface area contributed by atoms with E-state index >= 15 is 0 Å². The molecule has 0 aromatic rings. The molecule has 0 aliphatic carbocycles. The second kappa shape index (κ2) is 20.3. The average Bonchev–Trinajstić information content (AvgIpc) is 2.78. The Hall–Kier alpha value is 0.700. The van der Waals surface area contributed by atoms with Gasteiger partial charge in [0.1, 0.15) is 0 Å². The molecule has 0 saturated heterocycles. The Labute approximate surface area is 193 Å². The smallest absolute Gasteiger partial charge is 0.0195 e. The van der Waals surface area contributed by atoms with E-state index in [-0.39, 0.29) is 15.8 Å². The van der Waals surface area contributed by atoms with Crippen LogP contribution in [0.25, 0.3) is 0 Å². The molecule has 0 radical (unpaired) electrons. The van der Waals surface area contributed by atoms with Crippen molar-refractivity contribution in [2.24, 2.45) is 0 Å². The summed E-state index contributed by atoms with van der Waals surface area (Å²) in [5, 5.41) is 0. The highest BCUT2D eigenvalue weighted by molar-refractivity contribution is 7.57. The van der Waals surface area contributed by atoms with Gasteiger partial charge in [0.25, 0.3) is 0 Å². The molecule has 0 rings (SSSR count). The molecular weight excluding hydrogens is 406 g/mol. The molecule has 6 heteroatoms. The molecular formula is C24H56N4P2. The van der Waals surface area contributed by atoms with Crippen molar-refractivity contribution in [2.75, 3.05) is 89.8 Å². The minimum absolute atomic E-state index is 0.0989. The number of rotatable bonds is 21. The summed E-state index contributed by atoms with van der Waals surface area (Å²) in [5.74, 6) is 0. The van der Waals surface area contributed by atoms with Crippen LogP contribution in [0.1, 0.15) is 68.2 Å². The SMILES string of the molecule is CCN(CC)CP(CCCCP(CN(CC)CC)CN(CC)CC)CN(CC)CC. The molecule has 0 aromatic heterocycles. The maximum absolute atomic E-state index is 2.66. The van der Waals surface area contributed by atoms with Gasteiger partial charge in [-0.1, -0.05) is 71.2 Å². The Bertz CT molecular complexity index is 295. The number of hydrogen-bond donors (Lipinski definition) is 0. The first kappa shape index (κ1) is 30.7. The third kappa shape index (κ3) is 14.0. The van der Waals surface area contributed by atoms with E-state index in [1.807, 2.05) is 0 Å². The minimum Gasteiger partial charge on any atom is -0.300 e. The number of unbranched alkanes of at least 4 members (excludes halogenated alkanes) is 1. The second-order valence-corrected chi connectivity index (χ2v) is 13.0. The Kier molecular flexibility index (Phi) is 20.8. The Morgan fingerprint density at radius 1 is 0.367 bits per heavy atom. The fraction of sp³-hybridized carbons (Fsp3) is 1.00. The van der Waals surface area contributed by atoms with Gasteiger partial charge in [0.2, 0.25) is 0 Å². The second-order valence-electron chi connectivity index (χ2n) is 8.27. The summed E-state index contributed by atoms with van der Waals surface area (Å²) in [5.41, 5.74) is 0. The summed E-state index contributed by atoms with van der Waals surface area (Å²) in [4.78, 5) is 10.6. The van der Waals surface area contributed by atoms with Crippen LogP contribution >= 0.6 is 15.8 Å². The van der Waals surface area contributed by atoms with Crippen LogP contribution in [0.5, 0.6) is 0 Å². The van der Waals surface area contributed by atoms with Crippen molar-refractivity contribution >= 4 is 15.8 Å². The van der Waals surface area contributed by atoms with E-state index in [0.29, 0.717) is 0 Å². The van der Waals surface area contributed by atoms with Crippen LogP contribution in [0.2, 0.25) is 0 Å². The molecule has 0 atom stereocenters. The molecule has 4 nitrogen and oxygen atoms in total. The van der Waals surface area contributed by atoms with Gasteiger partial charge >= 0.3 is 0 Å². The van der Waals surface area contributed by atoms with E-state index in [4.69, 9.17) is 0 Å². The summed E-state index contributed by atoms with van der Waals surface area (Å²) in [7, 11) is 0.198. The van der Waals surface area contributed by atoms with Gasteiger partial charge in [-0.15, -0.1) is 0 Å². The minimum atomic E-state index is 0.0989. The van der Waals surface area contributed by atoms with Crippen LogP contribution in [0.4, 0.5) is 0 Å². The molecule has 0 aliphatic heterocycles. The molecule has 182 valence electrons. The van der Waals surface area contributed by atoms with Crippen molar-refractivity contribution < 1.29 is 0 Å². The Morgan fingerprint density at radius 2 is 0.567 bits per heavy atom. The summed E-state index contributed by atoms with van der Waals surface area (Å²) in [6, 6.07) is 0.